The van der Waals surface area contributed by atoms with Gasteiger partial charge < -0.3 is 21.1 Å². The summed E-state index contributed by atoms with van der Waals surface area (Å²) in [7, 11) is -3.88. The van der Waals surface area contributed by atoms with Gasteiger partial charge in [-0.1, -0.05) is 57.9 Å². The second kappa shape index (κ2) is 16.8. The molecule has 1 aliphatic heterocycles. The lowest BCUT2D eigenvalue weighted by Crippen LogP contribution is -2.51. The Labute approximate surface area is 283 Å². The highest BCUT2D eigenvalue weighted by atomic mass is 32.2. The maximum Gasteiger partial charge on any atom is 0.325 e. The predicted octanol–water partition coefficient (Wildman–Crippen LogP) is 4.12. The highest BCUT2D eigenvalue weighted by Gasteiger charge is 2.47. The van der Waals surface area contributed by atoms with Crippen molar-refractivity contribution in [3.8, 4) is 0 Å². The van der Waals surface area contributed by atoms with E-state index in [4.69, 9.17) is 5.73 Å². The van der Waals surface area contributed by atoms with E-state index in [-0.39, 0.29) is 25.1 Å². The van der Waals surface area contributed by atoms with E-state index < -0.39 is 80.5 Å². The number of hydrogen-bond acceptors (Lipinski definition) is 7. The zero-order valence-corrected chi connectivity index (χ0v) is 29.4. The zero-order valence-electron chi connectivity index (χ0n) is 28.5. The molecule has 1 heterocycles. The van der Waals surface area contributed by atoms with E-state index in [1.807, 2.05) is 39.0 Å². The van der Waals surface area contributed by atoms with Crippen molar-refractivity contribution >= 4 is 27.7 Å². The molecular weight excluding hydrogens is 642 g/mol. The summed E-state index contributed by atoms with van der Waals surface area (Å²) >= 11 is 0. The fourth-order valence-corrected chi connectivity index (χ4v) is 8.40. The summed E-state index contributed by atoms with van der Waals surface area (Å²) in [5.74, 6) is -4.81. The smallest absolute Gasteiger partial charge is 0.325 e. The molecule has 3 atom stereocenters. The molecule has 10 nitrogen and oxygen atoms in total. The van der Waals surface area contributed by atoms with Crippen LogP contribution >= 0.6 is 0 Å². The lowest BCUT2D eigenvalue weighted by molar-refractivity contribution is -0.138. The van der Waals surface area contributed by atoms with Crippen molar-refractivity contribution in [2.24, 2.45) is 11.7 Å². The number of carbonyl (C=O) groups is 3. The van der Waals surface area contributed by atoms with E-state index in [9.17, 15) is 36.7 Å². The van der Waals surface area contributed by atoms with Crippen LogP contribution in [0.5, 0.6) is 0 Å². The zero-order chi connectivity index (χ0) is 35.8. The van der Waals surface area contributed by atoms with E-state index >= 15 is 0 Å². The maximum absolute atomic E-state index is 14.5. The highest BCUT2D eigenvalue weighted by molar-refractivity contribution is 7.92. The van der Waals surface area contributed by atoms with Crippen LogP contribution < -0.4 is 11.1 Å². The Morgan fingerprint density at radius 1 is 1.00 bits per heavy atom. The van der Waals surface area contributed by atoms with E-state index in [0.717, 1.165) is 35.1 Å². The molecule has 0 spiro atoms. The number of nitrogens with zero attached hydrogens (tertiary/aromatic N) is 2. The first-order valence-electron chi connectivity index (χ1n) is 16.6. The Balaban J connectivity index is 2.01. The number of nitrogens with two attached hydrogens (primary N) is 1. The van der Waals surface area contributed by atoms with Crippen molar-refractivity contribution < 1.29 is 36.7 Å². The van der Waals surface area contributed by atoms with Crippen LogP contribution in [0.25, 0.3) is 0 Å². The van der Waals surface area contributed by atoms with Crippen molar-refractivity contribution in [3.63, 3.8) is 0 Å². The minimum atomic E-state index is -3.88. The molecule has 0 bridgehead atoms. The van der Waals surface area contributed by atoms with Gasteiger partial charge in [0.15, 0.2) is 9.84 Å². The van der Waals surface area contributed by atoms with Gasteiger partial charge in [0.1, 0.15) is 17.2 Å². The third-order valence-electron chi connectivity index (χ3n) is 8.74. The molecule has 3 rings (SSSR count). The van der Waals surface area contributed by atoms with Gasteiger partial charge in [-0.3, -0.25) is 14.5 Å². The number of aliphatic hydroxyl groups excluding tert-OH is 1. The van der Waals surface area contributed by atoms with Crippen LogP contribution in [0, 0.1) is 17.6 Å². The number of carbonyl (C=O) groups excluding carboxylic acids is 3. The number of aliphatic hydroxyl groups is 1. The molecule has 1 fully saturated rings. The third-order valence-corrected chi connectivity index (χ3v) is 11.1. The van der Waals surface area contributed by atoms with E-state index in [2.05, 4.69) is 5.32 Å². The fourth-order valence-electron chi connectivity index (χ4n) is 6.13. The first-order valence-corrected chi connectivity index (χ1v) is 18.3. The summed E-state index contributed by atoms with van der Waals surface area (Å²) in [5.41, 5.74) is 6.97. The first-order chi connectivity index (χ1) is 22.5. The number of halogens is 2. The van der Waals surface area contributed by atoms with Crippen molar-refractivity contribution in [3.05, 3.63) is 70.8 Å². The molecule has 1 aliphatic rings. The van der Waals surface area contributed by atoms with Crippen LogP contribution in [0.2, 0.25) is 0 Å². The highest BCUT2D eigenvalue weighted by Crippen LogP contribution is 2.25. The second-order valence-electron chi connectivity index (χ2n) is 13.3. The number of sulfone groups is 1. The Morgan fingerprint density at radius 2 is 1.60 bits per heavy atom. The molecule has 4 N–H and O–H groups in total. The van der Waals surface area contributed by atoms with Gasteiger partial charge in [0.05, 0.1) is 23.0 Å². The van der Waals surface area contributed by atoms with Gasteiger partial charge in [-0.05, 0) is 68.4 Å². The molecule has 266 valence electrons. The van der Waals surface area contributed by atoms with E-state index in [1.165, 1.54) is 18.7 Å². The fraction of sp³-hybridized carbons (Fsp3) is 0.571. The average Bonchev–Trinajstić information content (AvgIpc) is 3.20. The molecule has 4 amide bonds. The SMILES string of the molecule is CCCC(CCC)S(=O)(=O)CC(CN1C(=O)NC(C)(C)C1=O)C(=O)N(Cc1cccc(CC)c1)CC(O)C(N)Cc1cc(F)cc(F)c1. The van der Waals surface area contributed by atoms with Gasteiger partial charge in [-0.25, -0.2) is 22.0 Å². The summed E-state index contributed by atoms with van der Waals surface area (Å²) in [4.78, 5) is 42.8. The lowest BCUT2D eigenvalue weighted by Gasteiger charge is -2.33. The number of rotatable bonds is 18. The van der Waals surface area contributed by atoms with E-state index in [0.29, 0.717) is 31.2 Å². The molecule has 0 radical (unpaired) electrons. The van der Waals surface area contributed by atoms with Crippen molar-refractivity contribution in [1.29, 1.82) is 0 Å². The average molecular weight is 693 g/mol. The molecule has 0 saturated carbocycles. The number of nitrogens with one attached hydrogen (secondary N) is 1. The molecule has 2 aromatic rings. The Hall–Kier alpha value is -3.42. The lowest BCUT2D eigenvalue weighted by atomic mass is 10.00. The Bertz CT molecular complexity index is 1530. The monoisotopic (exact) mass is 692 g/mol. The normalized spacial score (nSPS) is 16.6. The number of hydrogen-bond donors (Lipinski definition) is 3. The molecule has 13 heteroatoms. The van der Waals surface area contributed by atoms with E-state index in [1.54, 1.807) is 6.07 Å². The van der Waals surface area contributed by atoms with Gasteiger partial charge in [0.25, 0.3) is 5.91 Å². The van der Waals surface area contributed by atoms with Crippen LogP contribution in [0.3, 0.4) is 0 Å². The van der Waals surface area contributed by atoms with Crippen molar-refractivity contribution in [1.82, 2.24) is 15.1 Å². The largest absolute Gasteiger partial charge is 0.390 e. The van der Waals surface area contributed by atoms with Gasteiger partial charge in [0, 0.05) is 31.7 Å². The molecule has 2 aromatic carbocycles. The Morgan fingerprint density at radius 3 is 2.15 bits per heavy atom. The van der Waals surface area contributed by atoms with Gasteiger partial charge in [0.2, 0.25) is 5.91 Å². The van der Waals surface area contributed by atoms with Crippen LogP contribution in [0.1, 0.15) is 77.0 Å². The molecule has 0 aliphatic carbocycles. The maximum atomic E-state index is 14.5. The summed E-state index contributed by atoms with van der Waals surface area (Å²) in [6.45, 7) is 7.93. The first kappa shape index (κ1) is 39.0. The number of benzene rings is 2. The predicted molar refractivity (Wildman–Crippen MR) is 180 cm³/mol. The van der Waals surface area contributed by atoms with Crippen LogP contribution in [-0.2, 0) is 38.8 Å². The number of imide groups is 1. The van der Waals surface area contributed by atoms with Gasteiger partial charge in [-0.15, -0.1) is 0 Å². The van der Waals surface area contributed by atoms with Crippen molar-refractivity contribution in [2.75, 3.05) is 18.8 Å². The molecule has 3 unspecified atom stereocenters. The third kappa shape index (κ3) is 10.3. The van der Waals surface area contributed by atoms with Gasteiger partial charge >= 0.3 is 6.03 Å². The molecule has 0 aromatic heterocycles. The summed E-state index contributed by atoms with van der Waals surface area (Å²) in [6.07, 6.45) is 1.26. The quantitative estimate of drug-likeness (QED) is 0.199. The molecular formula is C35H50F2N4O6S. The molecule has 48 heavy (non-hydrogen) atoms. The van der Waals surface area contributed by atoms with Gasteiger partial charge in [-0.2, -0.15) is 0 Å². The second-order valence-corrected chi connectivity index (χ2v) is 15.6. The summed E-state index contributed by atoms with van der Waals surface area (Å²) < 4.78 is 55.4. The van der Waals surface area contributed by atoms with Crippen LogP contribution in [0.15, 0.2) is 42.5 Å². The minimum absolute atomic E-state index is 0.0272. The minimum Gasteiger partial charge on any atom is -0.390 e. The topological polar surface area (TPSA) is 150 Å². The molecule has 1 saturated heterocycles. The Kier molecular flexibility index (Phi) is 13.7. The number of amides is 4. The number of urea groups is 1. The summed E-state index contributed by atoms with van der Waals surface area (Å²) in [5, 5.41) is 13.1. The van der Waals surface area contributed by atoms with Crippen molar-refractivity contribution in [2.45, 2.75) is 103 Å². The van der Waals surface area contributed by atoms with Crippen LogP contribution in [-0.4, -0.2) is 82.9 Å². The number of aryl methyl sites for hydroxylation is 1. The van der Waals surface area contributed by atoms with Crippen LogP contribution in [0.4, 0.5) is 13.6 Å². The summed E-state index contributed by atoms with van der Waals surface area (Å²) in [6, 6.07) is 8.61. The standard InChI is InChI=1S/C35H50F2N4O6S/c1-6-10-29(11-7-2)48(46,47)22-26(20-41-33(44)35(4,5)39-34(41)45)32(43)40(19-24-13-9-12-23(8-3)14-24)21-31(42)30(38)17-25-15-27(36)18-28(37)16-25/h9,12-16,18,26,29-31,42H,6-8,10-11,17,19-22,38H2,1-5H3,(H,39,45).